The van der Waals surface area contributed by atoms with Gasteiger partial charge < -0.3 is 10.6 Å². The fourth-order valence-corrected chi connectivity index (χ4v) is 5.98. The van der Waals surface area contributed by atoms with Crippen LogP contribution >= 0.6 is 24.2 Å². The molecule has 3 nitrogen and oxygen atoms in total. The molecule has 3 fully saturated rings. The number of thioether (sulfide) groups is 1. The molecule has 0 aromatic rings. The second-order valence-corrected chi connectivity index (χ2v) is 8.45. The zero-order valence-corrected chi connectivity index (χ0v) is 14.5. The number of nitrogens with two attached hydrogens (primary N) is 1. The first-order valence-electron chi connectivity index (χ1n) is 8.37. The van der Waals surface area contributed by atoms with Crippen molar-refractivity contribution >= 4 is 30.1 Å². The maximum absolute atomic E-state index is 12.9. The Kier molecular flexibility index (Phi) is 6.27. The van der Waals surface area contributed by atoms with Crippen LogP contribution in [-0.2, 0) is 4.79 Å². The summed E-state index contributed by atoms with van der Waals surface area (Å²) < 4.78 is 0.392. The van der Waals surface area contributed by atoms with Crippen molar-refractivity contribution in [2.45, 2.75) is 56.1 Å². The Bertz CT molecular complexity index is 355. The monoisotopic (exact) mass is 332 g/mol. The molecule has 2 atom stereocenters. The molecule has 1 heterocycles. The minimum Gasteiger partial charge on any atom is -0.340 e. The van der Waals surface area contributed by atoms with Crippen molar-refractivity contribution in [2.24, 2.45) is 17.6 Å². The summed E-state index contributed by atoms with van der Waals surface area (Å²) in [5.41, 5.74) is 5.85. The molecule has 0 aromatic carbocycles. The SMILES string of the molecule is Cl.NC[C@H]1CCC[C@H]1C(=O)N1CCSC2(CCCCC2)C1. The first-order valence-corrected chi connectivity index (χ1v) is 9.35. The van der Waals surface area contributed by atoms with Crippen LogP contribution in [0.15, 0.2) is 0 Å². The van der Waals surface area contributed by atoms with Gasteiger partial charge in [-0.1, -0.05) is 25.7 Å². The lowest BCUT2D eigenvalue weighted by molar-refractivity contribution is -0.137. The Morgan fingerprint density at radius 2 is 1.95 bits per heavy atom. The summed E-state index contributed by atoms with van der Waals surface area (Å²) in [5, 5.41) is 0. The van der Waals surface area contributed by atoms with Crippen molar-refractivity contribution in [3.63, 3.8) is 0 Å². The molecule has 0 bridgehead atoms. The van der Waals surface area contributed by atoms with Gasteiger partial charge in [-0.15, -0.1) is 12.4 Å². The molecular weight excluding hydrogens is 304 g/mol. The van der Waals surface area contributed by atoms with Crippen molar-refractivity contribution in [3.8, 4) is 0 Å². The molecule has 1 aliphatic heterocycles. The van der Waals surface area contributed by atoms with Gasteiger partial charge in [-0.25, -0.2) is 0 Å². The van der Waals surface area contributed by atoms with Gasteiger partial charge in [0.1, 0.15) is 0 Å². The predicted molar refractivity (Wildman–Crippen MR) is 92.0 cm³/mol. The van der Waals surface area contributed by atoms with Crippen LogP contribution in [-0.4, -0.2) is 40.9 Å². The summed E-state index contributed by atoms with van der Waals surface area (Å²) in [4.78, 5) is 15.1. The van der Waals surface area contributed by atoms with E-state index in [9.17, 15) is 4.79 Å². The lowest BCUT2D eigenvalue weighted by atomic mass is 9.87. The third-order valence-electron chi connectivity index (χ3n) is 5.60. The molecule has 2 saturated carbocycles. The summed E-state index contributed by atoms with van der Waals surface area (Å²) in [6, 6.07) is 0. The van der Waals surface area contributed by atoms with Crippen molar-refractivity contribution in [2.75, 3.05) is 25.4 Å². The average molecular weight is 333 g/mol. The fraction of sp³-hybridized carbons (Fsp3) is 0.938. The van der Waals surface area contributed by atoms with Crippen molar-refractivity contribution in [1.29, 1.82) is 0 Å². The average Bonchev–Trinajstić information content (AvgIpc) is 2.96. The molecule has 3 rings (SSSR count). The highest BCUT2D eigenvalue weighted by Crippen LogP contribution is 2.43. The second-order valence-electron chi connectivity index (χ2n) is 6.89. The van der Waals surface area contributed by atoms with Crippen molar-refractivity contribution in [3.05, 3.63) is 0 Å². The maximum Gasteiger partial charge on any atom is 0.226 e. The second kappa shape index (κ2) is 7.56. The number of nitrogens with zero attached hydrogens (tertiary/aromatic N) is 1. The topological polar surface area (TPSA) is 46.3 Å². The molecule has 0 radical (unpaired) electrons. The van der Waals surface area contributed by atoms with Crippen LogP contribution in [0.1, 0.15) is 51.4 Å². The van der Waals surface area contributed by atoms with Gasteiger partial charge in [0.15, 0.2) is 0 Å². The summed E-state index contributed by atoms with van der Waals surface area (Å²) >= 11 is 2.14. The van der Waals surface area contributed by atoms with Crippen LogP contribution in [0.3, 0.4) is 0 Å². The Hall–Kier alpha value is 0.0700. The first kappa shape index (κ1) is 17.4. The van der Waals surface area contributed by atoms with Crippen LogP contribution in [0.5, 0.6) is 0 Å². The van der Waals surface area contributed by atoms with Crippen LogP contribution in [0.2, 0.25) is 0 Å². The van der Waals surface area contributed by atoms with Gasteiger partial charge in [0.2, 0.25) is 5.91 Å². The predicted octanol–water partition coefficient (Wildman–Crippen LogP) is 3.06. The van der Waals surface area contributed by atoms with E-state index in [4.69, 9.17) is 5.73 Å². The number of rotatable bonds is 2. The minimum absolute atomic E-state index is 0. The molecule has 2 aliphatic carbocycles. The highest BCUT2D eigenvalue weighted by Gasteiger charge is 2.42. The lowest BCUT2D eigenvalue weighted by Gasteiger charge is -2.45. The van der Waals surface area contributed by atoms with Crippen molar-refractivity contribution in [1.82, 2.24) is 4.90 Å². The van der Waals surface area contributed by atoms with Gasteiger partial charge >= 0.3 is 0 Å². The molecule has 0 aromatic heterocycles. The molecule has 122 valence electrons. The zero-order valence-electron chi connectivity index (χ0n) is 12.9. The van der Waals surface area contributed by atoms with E-state index < -0.39 is 0 Å². The van der Waals surface area contributed by atoms with Gasteiger partial charge in [-0.05, 0) is 38.1 Å². The molecule has 3 aliphatic rings. The first-order chi connectivity index (χ1) is 9.74. The molecule has 1 saturated heterocycles. The van der Waals surface area contributed by atoms with E-state index in [2.05, 4.69) is 16.7 Å². The Morgan fingerprint density at radius 1 is 1.19 bits per heavy atom. The molecule has 1 spiro atoms. The number of carbonyl (C=O) groups excluding carboxylic acids is 1. The third kappa shape index (κ3) is 3.70. The maximum atomic E-state index is 12.9. The van der Waals surface area contributed by atoms with E-state index in [1.807, 2.05) is 0 Å². The molecule has 0 unspecified atom stereocenters. The number of carbonyl (C=O) groups is 1. The summed E-state index contributed by atoms with van der Waals surface area (Å²) in [6.07, 6.45) is 10.1. The van der Waals surface area contributed by atoms with E-state index in [0.29, 0.717) is 23.1 Å². The van der Waals surface area contributed by atoms with E-state index in [0.717, 1.165) is 31.7 Å². The minimum atomic E-state index is 0. The Labute approximate surface area is 139 Å². The number of amides is 1. The lowest BCUT2D eigenvalue weighted by Crippen LogP contribution is -2.52. The molecule has 5 heteroatoms. The number of hydrogen-bond donors (Lipinski definition) is 1. The normalized spacial score (nSPS) is 32.0. The van der Waals surface area contributed by atoms with E-state index in [1.165, 1.54) is 38.5 Å². The number of hydrogen-bond acceptors (Lipinski definition) is 3. The largest absolute Gasteiger partial charge is 0.340 e. The highest BCUT2D eigenvalue weighted by atomic mass is 35.5. The standard InChI is InChI=1S/C16H28N2OS.ClH/c17-11-13-5-4-6-14(13)15(19)18-9-10-20-16(12-18)7-2-1-3-8-16;/h13-14H,1-12,17H2;1H/t13-,14-;/m1./s1. The van der Waals surface area contributed by atoms with E-state index in [1.54, 1.807) is 0 Å². The third-order valence-corrected chi connectivity index (χ3v) is 7.14. The molecule has 1 amide bonds. The molecule has 21 heavy (non-hydrogen) atoms. The van der Waals surface area contributed by atoms with Gasteiger partial charge in [-0.3, -0.25) is 4.79 Å². The van der Waals surface area contributed by atoms with Gasteiger partial charge in [-0.2, -0.15) is 11.8 Å². The van der Waals surface area contributed by atoms with Crippen LogP contribution in [0.25, 0.3) is 0 Å². The summed E-state index contributed by atoms with van der Waals surface area (Å²) in [6.45, 7) is 2.65. The number of halogens is 1. The Balaban J connectivity index is 0.00000161. The quantitative estimate of drug-likeness (QED) is 0.845. The van der Waals surface area contributed by atoms with Crippen LogP contribution in [0.4, 0.5) is 0 Å². The fourth-order valence-electron chi connectivity index (χ4n) is 4.41. The van der Waals surface area contributed by atoms with E-state index >= 15 is 0 Å². The van der Waals surface area contributed by atoms with Gasteiger partial charge in [0.25, 0.3) is 0 Å². The zero-order chi connectivity index (χ0) is 14.0. The smallest absolute Gasteiger partial charge is 0.226 e. The van der Waals surface area contributed by atoms with E-state index in [-0.39, 0.29) is 18.3 Å². The summed E-state index contributed by atoms with van der Waals surface area (Å²) in [5.74, 6) is 2.22. The summed E-state index contributed by atoms with van der Waals surface area (Å²) in [7, 11) is 0. The van der Waals surface area contributed by atoms with Crippen LogP contribution in [0, 0.1) is 11.8 Å². The van der Waals surface area contributed by atoms with Crippen molar-refractivity contribution < 1.29 is 4.79 Å². The van der Waals surface area contributed by atoms with Gasteiger partial charge in [0.05, 0.1) is 0 Å². The van der Waals surface area contributed by atoms with Gasteiger partial charge in [0, 0.05) is 29.5 Å². The van der Waals surface area contributed by atoms with Crippen LogP contribution < -0.4 is 5.73 Å². The highest BCUT2D eigenvalue weighted by molar-refractivity contribution is 8.00. The Morgan fingerprint density at radius 3 is 2.67 bits per heavy atom. The molecule has 2 N–H and O–H groups in total. The molecular formula is C16H29ClN2OS.